The van der Waals surface area contributed by atoms with Crippen LogP contribution in [0.3, 0.4) is 0 Å². The second kappa shape index (κ2) is 7.88. The topological polar surface area (TPSA) is 59.6 Å². The average Bonchev–Trinajstić information content (AvgIpc) is 2.57. The Bertz CT molecular complexity index is 740. The van der Waals surface area contributed by atoms with Gasteiger partial charge >= 0.3 is 0 Å². The van der Waals surface area contributed by atoms with E-state index in [4.69, 9.17) is 21.1 Å². The van der Waals surface area contributed by atoms with Gasteiger partial charge in [0.05, 0.1) is 24.9 Å². The Morgan fingerprint density at radius 1 is 1.12 bits per heavy atom. The number of nitrogens with one attached hydrogen (secondary N) is 2. The van der Waals surface area contributed by atoms with E-state index >= 15 is 0 Å². The van der Waals surface area contributed by atoms with Crippen molar-refractivity contribution < 1.29 is 18.7 Å². The minimum absolute atomic E-state index is 0.140. The Morgan fingerprint density at radius 3 is 2.46 bits per heavy atom. The molecule has 24 heavy (non-hydrogen) atoms. The highest BCUT2D eigenvalue weighted by molar-refractivity contribution is 6.33. The minimum Gasteiger partial charge on any atom is -0.493 e. The van der Waals surface area contributed by atoms with E-state index in [1.807, 2.05) is 0 Å². The van der Waals surface area contributed by atoms with Gasteiger partial charge in [0.1, 0.15) is 11.9 Å². The van der Waals surface area contributed by atoms with E-state index in [0.29, 0.717) is 22.9 Å². The molecule has 2 rings (SSSR count). The maximum atomic E-state index is 13.0. The van der Waals surface area contributed by atoms with Gasteiger partial charge in [-0.1, -0.05) is 11.6 Å². The second-order valence-corrected chi connectivity index (χ2v) is 5.46. The van der Waals surface area contributed by atoms with Crippen LogP contribution in [0.4, 0.5) is 15.8 Å². The van der Waals surface area contributed by atoms with Gasteiger partial charge in [0.25, 0.3) is 0 Å². The Hall–Kier alpha value is -2.47. The van der Waals surface area contributed by atoms with Crippen LogP contribution >= 0.6 is 11.6 Å². The molecule has 2 N–H and O–H groups in total. The first-order chi connectivity index (χ1) is 11.4. The third-order valence-corrected chi connectivity index (χ3v) is 3.66. The molecular formula is C17H18ClFN2O3. The zero-order valence-corrected chi connectivity index (χ0v) is 14.3. The van der Waals surface area contributed by atoms with Crippen molar-refractivity contribution in [3.05, 3.63) is 47.2 Å². The summed E-state index contributed by atoms with van der Waals surface area (Å²) in [5.41, 5.74) is 1.05. The molecule has 0 spiro atoms. The number of amides is 1. The highest BCUT2D eigenvalue weighted by Gasteiger charge is 2.15. The van der Waals surface area contributed by atoms with E-state index < -0.39 is 11.9 Å². The van der Waals surface area contributed by atoms with Gasteiger partial charge in [0.2, 0.25) is 5.91 Å². The van der Waals surface area contributed by atoms with Crippen LogP contribution in [-0.4, -0.2) is 26.2 Å². The molecule has 0 aliphatic heterocycles. The maximum absolute atomic E-state index is 13.0. The molecule has 0 aromatic heterocycles. The summed E-state index contributed by atoms with van der Waals surface area (Å²) in [5.74, 6) is 0.378. The number of hydrogen-bond donors (Lipinski definition) is 2. The first kappa shape index (κ1) is 17.9. The number of carbonyl (C=O) groups is 1. The highest BCUT2D eigenvalue weighted by Crippen LogP contribution is 2.30. The van der Waals surface area contributed by atoms with Gasteiger partial charge in [-0.15, -0.1) is 0 Å². The van der Waals surface area contributed by atoms with E-state index in [1.165, 1.54) is 19.2 Å². The molecule has 2 aromatic rings. The maximum Gasteiger partial charge on any atom is 0.246 e. The third-order valence-electron chi connectivity index (χ3n) is 3.35. The average molecular weight is 353 g/mol. The summed E-state index contributed by atoms with van der Waals surface area (Å²) < 4.78 is 23.4. The van der Waals surface area contributed by atoms with Gasteiger partial charge in [-0.3, -0.25) is 4.79 Å². The number of halogens is 2. The van der Waals surface area contributed by atoms with Crippen molar-refractivity contribution in [1.29, 1.82) is 0 Å². The molecule has 5 nitrogen and oxygen atoms in total. The predicted octanol–water partition coefficient (Wildman–Crippen LogP) is 3.94. The lowest BCUT2D eigenvalue weighted by Crippen LogP contribution is -2.31. The normalized spacial score (nSPS) is 11.5. The lowest BCUT2D eigenvalue weighted by Gasteiger charge is -2.17. The number of methoxy groups -OCH3 is 2. The van der Waals surface area contributed by atoms with E-state index in [9.17, 15) is 9.18 Å². The molecule has 0 fully saturated rings. The van der Waals surface area contributed by atoms with Crippen LogP contribution in [0.5, 0.6) is 11.5 Å². The van der Waals surface area contributed by atoms with Crippen molar-refractivity contribution in [2.24, 2.45) is 0 Å². The van der Waals surface area contributed by atoms with Crippen LogP contribution in [0.2, 0.25) is 5.02 Å². The number of benzene rings is 2. The fourth-order valence-corrected chi connectivity index (χ4v) is 2.29. The van der Waals surface area contributed by atoms with E-state index in [2.05, 4.69) is 10.6 Å². The molecule has 0 bridgehead atoms. The van der Waals surface area contributed by atoms with Gasteiger partial charge < -0.3 is 20.1 Å². The monoisotopic (exact) mass is 352 g/mol. The fraction of sp³-hybridized carbons (Fsp3) is 0.235. The van der Waals surface area contributed by atoms with E-state index in [-0.39, 0.29) is 10.9 Å². The Balaban J connectivity index is 2.06. The number of carbonyl (C=O) groups excluding carboxylic acids is 1. The number of anilines is 2. The molecule has 0 aliphatic carbocycles. The molecule has 1 amide bonds. The molecule has 0 radical (unpaired) electrons. The zero-order chi connectivity index (χ0) is 17.7. The van der Waals surface area contributed by atoms with Gasteiger partial charge in [-0.2, -0.15) is 0 Å². The lowest BCUT2D eigenvalue weighted by atomic mass is 10.2. The fourth-order valence-electron chi connectivity index (χ4n) is 2.07. The Labute approximate surface area is 144 Å². The van der Waals surface area contributed by atoms with Crippen molar-refractivity contribution in [2.45, 2.75) is 13.0 Å². The molecule has 2 aromatic carbocycles. The Morgan fingerprint density at radius 2 is 1.83 bits per heavy atom. The van der Waals surface area contributed by atoms with Crippen LogP contribution < -0.4 is 20.1 Å². The molecule has 0 heterocycles. The predicted molar refractivity (Wildman–Crippen MR) is 92.7 cm³/mol. The van der Waals surface area contributed by atoms with Crippen LogP contribution in [0.25, 0.3) is 0 Å². The van der Waals surface area contributed by atoms with Crippen molar-refractivity contribution >= 4 is 28.9 Å². The van der Waals surface area contributed by atoms with Crippen LogP contribution in [-0.2, 0) is 4.79 Å². The van der Waals surface area contributed by atoms with Crippen LogP contribution in [0.15, 0.2) is 36.4 Å². The first-order valence-corrected chi connectivity index (χ1v) is 7.57. The van der Waals surface area contributed by atoms with Crippen molar-refractivity contribution in [3.8, 4) is 11.5 Å². The summed E-state index contributed by atoms with van der Waals surface area (Å²) in [7, 11) is 3.09. The standard InChI is InChI=1S/C17H18ClFN2O3/c1-10(17(22)21-14-6-4-11(19)8-13(14)18)20-12-5-7-15(23-2)16(9-12)24-3/h4-10,20H,1-3H3,(H,21,22)/t10-/m1/s1. The van der Waals surface area contributed by atoms with Crippen LogP contribution in [0, 0.1) is 5.82 Å². The van der Waals surface area contributed by atoms with Gasteiger partial charge in [0.15, 0.2) is 11.5 Å². The smallest absolute Gasteiger partial charge is 0.246 e. The zero-order valence-electron chi connectivity index (χ0n) is 13.5. The van der Waals surface area contributed by atoms with Crippen molar-refractivity contribution in [2.75, 3.05) is 24.9 Å². The minimum atomic E-state index is -0.552. The van der Waals surface area contributed by atoms with Gasteiger partial charge in [-0.25, -0.2) is 4.39 Å². The molecule has 0 saturated heterocycles. The summed E-state index contributed by atoms with van der Waals surface area (Å²) in [6.07, 6.45) is 0. The van der Waals surface area contributed by atoms with Gasteiger partial charge in [0, 0.05) is 11.8 Å². The van der Waals surface area contributed by atoms with E-state index in [1.54, 1.807) is 32.2 Å². The summed E-state index contributed by atoms with van der Waals surface area (Å²) >= 11 is 5.91. The van der Waals surface area contributed by atoms with Crippen molar-refractivity contribution in [3.63, 3.8) is 0 Å². The molecule has 7 heteroatoms. The lowest BCUT2D eigenvalue weighted by molar-refractivity contribution is -0.116. The Kier molecular flexibility index (Phi) is 5.87. The number of hydrogen-bond acceptors (Lipinski definition) is 4. The quantitative estimate of drug-likeness (QED) is 0.826. The van der Waals surface area contributed by atoms with E-state index in [0.717, 1.165) is 6.07 Å². The summed E-state index contributed by atoms with van der Waals surface area (Å²) in [6.45, 7) is 1.70. The highest BCUT2D eigenvalue weighted by atomic mass is 35.5. The largest absolute Gasteiger partial charge is 0.493 e. The molecule has 128 valence electrons. The second-order valence-electron chi connectivity index (χ2n) is 5.05. The summed E-state index contributed by atoms with van der Waals surface area (Å²) in [5, 5.41) is 5.85. The molecule has 1 atom stereocenters. The SMILES string of the molecule is COc1ccc(N[C@H](C)C(=O)Nc2ccc(F)cc2Cl)cc1OC. The number of ether oxygens (including phenoxy) is 2. The molecule has 0 saturated carbocycles. The third kappa shape index (κ3) is 4.29. The van der Waals surface area contributed by atoms with Crippen molar-refractivity contribution in [1.82, 2.24) is 0 Å². The molecular weight excluding hydrogens is 335 g/mol. The molecule has 0 aliphatic rings. The summed E-state index contributed by atoms with van der Waals surface area (Å²) in [6, 6.07) is 8.48. The first-order valence-electron chi connectivity index (χ1n) is 7.19. The van der Waals surface area contributed by atoms with Crippen LogP contribution in [0.1, 0.15) is 6.92 Å². The van der Waals surface area contributed by atoms with Gasteiger partial charge in [-0.05, 0) is 37.3 Å². The molecule has 0 unspecified atom stereocenters. The summed E-state index contributed by atoms with van der Waals surface area (Å²) in [4.78, 5) is 12.2. The number of rotatable bonds is 6.